The van der Waals surface area contributed by atoms with Gasteiger partial charge in [0, 0.05) is 37.4 Å². The Labute approximate surface area is 182 Å². The van der Waals surface area contributed by atoms with Crippen molar-refractivity contribution in [3.05, 3.63) is 53.8 Å². The molecule has 2 unspecified atom stereocenters. The third-order valence-electron chi connectivity index (χ3n) is 6.33. The Kier molecular flexibility index (Phi) is 6.49. The molecule has 0 aliphatic carbocycles. The highest BCUT2D eigenvalue weighted by Crippen LogP contribution is 2.39. The highest BCUT2D eigenvalue weighted by Gasteiger charge is 2.33. The standard InChI is InChI=1S/C24H30FN3O3/c1-30-20-9-10-23(31-2)21(14-20)22-4-3-12-28(22)24(29)26-15-17-11-13-27(16-17)19-7-5-18(25)6-8-19/h5-10,14,17,22H,3-4,11-13,15-16H2,1-2H3,(H,26,29). The summed E-state index contributed by atoms with van der Waals surface area (Å²) in [6.45, 7) is 3.14. The molecule has 31 heavy (non-hydrogen) atoms. The number of methoxy groups -OCH3 is 2. The molecular formula is C24H30FN3O3. The van der Waals surface area contributed by atoms with Crippen LogP contribution in [0.15, 0.2) is 42.5 Å². The van der Waals surface area contributed by atoms with Gasteiger partial charge in [0.1, 0.15) is 17.3 Å². The van der Waals surface area contributed by atoms with E-state index in [0.717, 1.165) is 61.6 Å². The number of benzene rings is 2. The van der Waals surface area contributed by atoms with Crippen LogP contribution in [0.2, 0.25) is 0 Å². The van der Waals surface area contributed by atoms with Crippen LogP contribution in [0.25, 0.3) is 0 Å². The van der Waals surface area contributed by atoms with Gasteiger partial charge in [0.05, 0.1) is 20.3 Å². The van der Waals surface area contributed by atoms with E-state index in [1.54, 1.807) is 14.2 Å². The van der Waals surface area contributed by atoms with Gasteiger partial charge in [-0.3, -0.25) is 0 Å². The van der Waals surface area contributed by atoms with Crippen molar-refractivity contribution in [2.45, 2.75) is 25.3 Å². The van der Waals surface area contributed by atoms with Crippen molar-refractivity contribution in [2.75, 3.05) is 45.3 Å². The fraction of sp³-hybridized carbons (Fsp3) is 0.458. The van der Waals surface area contributed by atoms with Crippen molar-refractivity contribution in [1.29, 1.82) is 0 Å². The fourth-order valence-corrected chi connectivity index (χ4v) is 4.65. The van der Waals surface area contributed by atoms with Gasteiger partial charge in [-0.1, -0.05) is 0 Å². The average molecular weight is 428 g/mol. The second-order valence-corrected chi connectivity index (χ2v) is 8.22. The minimum atomic E-state index is -0.223. The first-order chi connectivity index (χ1) is 15.1. The zero-order chi connectivity index (χ0) is 21.8. The lowest BCUT2D eigenvalue weighted by Crippen LogP contribution is -2.41. The zero-order valence-electron chi connectivity index (χ0n) is 18.1. The lowest BCUT2D eigenvalue weighted by Gasteiger charge is -2.27. The molecular weight excluding hydrogens is 397 g/mol. The first-order valence-corrected chi connectivity index (χ1v) is 10.9. The number of urea groups is 1. The summed E-state index contributed by atoms with van der Waals surface area (Å²) < 4.78 is 24.1. The van der Waals surface area contributed by atoms with Crippen molar-refractivity contribution < 1.29 is 18.7 Å². The molecule has 0 spiro atoms. The SMILES string of the molecule is COc1ccc(OC)c(C2CCCN2C(=O)NCC2CCN(c3ccc(F)cc3)C2)c1. The molecule has 4 rings (SSSR count). The number of ether oxygens (including phenoxy) is 2. The molecule has 2 fully saturated rings. The van der Waals surface area contributed by atoms with Crippen LogP contribution in [-0.4, -0.2) is 51.3 Å². The molecule has 2 aromatic carbocycles. The lowest BCUT2D eigenvalue weighted by molar-refractivity contribution is 0.190. The van der Waals surface area contributed by atoms with Crippen LogP contribution in [0.3, 0.4) is 0 Å². The number of rotatable bonds is 6. The minimum Gasteiger partial charge on any atom is -0.497 e. The van der Waals surface area contributed by atoms with Gasteiger partial charge in [-0.15, -0.1) is 0 Å². The molecule has 2 amide bonds. The molecule has 2 aliphatic rings. The molecule has 2 atom stereocenters. The van der Waals surface area contributed by atoms with E-state index in [4.69, 9.17) is 9.47 Å². The summed E-state index contributed by atoms with van der Waals surface area (Å²) in [7, 11) is 3.29. The predicted octanol–water partition coefficient (Wildman–Crippen LogP) is 4.22. The number of amides is 2. The number of hydrogen-bond acceptors (Lipinski definition) is 4. The molecule has 2 heterocycles. The molecule has 0 saturated carbocycles. The van der Waals surface area contributed by atoms with Crippen LogP contribution in [0.1, 0.15) is 30.9 Å². The van der Waals surface area contributed by atoms with E-state index in [9.17, 15) is 9.18 Å². The highest BCUT2D eigenvalue weighted by molar-refractivity contribution is 5.75. The van der Waals surface area contributed by atoms with Crippen molar-refractivity contribution >= 4 is 11.7 Å². The quantitative estimate of drug-likeness (QED) is 0.750. The van der Waals surface area contributed by atoms with E-state index in [1.165, 1.54) is 12.1 Å². The summed E-state index contributed by atoms with van der Waals surface area (Å²) in [5.74, 6) is 1.69. The second kappa shape index (κ2) is 9.45. The molecule has 166 valence electrons. The molecule has 0 aromatic heterocycles. The Hall–Kier alpha value is -2.96. The second-order valence-electron chi connectivity index (χ2n) is 8.22. The van der Waals surface area contributed by atoms with Gasteiger partial charge >= 0.3 is 6.03 Å². The van der Waals surface area contributed by atoms with Gasteiger partial charge in [-0.05, 0) is 67.6 Å². The van der Waals surface area contributed by atoms with Crippen LogP contribution in [0.4, 0.5) is 14.9 Å². The van der Waals surface area contributed by atoms with Crippen LogP contribution < -0.4 is 19.7 Å². The molecule has 0 bridgehead atoms. The summed E-state index contributed by atoms with van der Waals surface area (Å²) >= 11 is 0. The van der Waals surface area contributed by atoms with E-state index in [0.29, 0.717) is 12.5 Å². The molecule has 1 N–H and O–H groups in total. The van der Waals surface area contributed by atoms with E-state index in [-0.39, 0.29) is 17.9 Å². The maximum atomic E-state index is 13.2. The van der Waals surface area contributed by atoms with Crippen molar-refractivity contribution in [3.8, 4) is 11.5 Å². The largest absolute Gasteiger partial charge is 0.497 e. The van der Waals surface area contributed by atoms with Crippen molar-refractivity contribution in [2.24, 2.45) is 5.92 Å². The number of carbonyl (C=O) groups excluding carboxylic acids is 1. The van der Waals surface area contributed by atoms with Gasteiger partial charge in [0.15, 0.2) is 0 Å². The molecule has 6 nitrogen and oxygen atoms in total. The van der Waals surface area contributed by atoms with Gasteiger partial charge in [0.25, 0.3) is 0 Å². The number of nitrogens with one attached hydrogen (secondary N) is 1. The van der Waals surface area contributed by atoms with E-state index < -0.39 is 0 Å². The first kappa shape index (κ1) is 21.3. The van der Waals surface area contributed by atoms with Crippen LogP contribution in [-0.2, 0) is 0 Å². The third kappa shape index (κ3) is 4.70. The fourth-order valence-electron chi connectivity index (χ4n) is 4.65. The Balaban J connectivity index is 1.36. The number of carbonyl (C=O) groups is 1. The van der Waals surface area contributed by atoms with Crippen LogP contribution >= 0.6 is 0 Å². The van der Waals surface area contributed by atoms with Crippen LogP contribution in [0.5, 0.6) is 11.5 Å². The minimum absolute atomic E-state index is 0.0238. The number of likely N-dealkylation sites (tertiary alicyclic amines) is 1. The Bertz CT molecular complexity index is 905. The molecule has 7 heteroatoms. The lowest BCUT2D eigenvalue weighted by atomic mass is 10.0. The van der Waals surface area contributed by atoms with E-state index in [1.807, 2.05) is 35.2 Å². The summed E-state index contributed by atoms with van der Waals surface area (Å²) in [5, 5.41) is 3.14. The third-order valence-corrected chi connectivity index (χ3v) is 6.33. The van der Waals surface area contributed by atoms with E-state index in [2.05, 4.69) is 10.2 Å². The Morgan fingerprint density at radius 3 is 2.65 bits per heavy atom. The number of nitrogens with zero attached hydrogens (tertiary/aromatic N) is 2. The normalized spacial score (nSPS) is 20.7. The highest BCUT2D eigenvalue weighted by atomic mass is 19.1. The van der Waals surface area contributed by atoms with Gasteiger partial charge in [-0.25, -0.2) is 9.18 Å². The van der Waals surface area contributed by atoms with Gasteiger partial charge in [0.2, 0.25) is 0 Å². The average Bonchev–Trinajstić information content (AvgIpc) is 3.47. The number of halogens is 1. The van der Waals surface area contributed by atoms with Crippen molar-refractivity contribution in [3.63, 3.8) is 0 Å². The van der Waals surface area contributed by atoms with Gasteiger partial charge < -0.3 is 24.6 Å². The molecule has 0 radical (unpaired) electrons. The maximum Gasteiger partial charge on any atom is 0.317 e. The van der Waals surface area contributed by atoms with Crippen LogP contribution in [0, 0.1) is 11.7 Å². The zero-order valence-corrected chi connectivity index (χ0v) is 18.1. The number of anilines is 1. The number of hydrogen-bond donors (Lipinski definition) is 1. The summed E-state index contributed by atoms with van der Waals surface area (Å²) in [4.78, 5) is 17.2. The predicted molar refractivity (Wildman–Crippen MR) is 118 cm³/mol. The summed E-state index contributed by atoms with van der Waals surface area (Å²) in [6.07, 6.45) is 2.86. The monoisotopic (exact) mass is 427 g/mol. The van der Waals surface area contributed by atoms with E-state index >= 15 is 0 Å². The molecule has 2 aliphatic heterocycles. The molecule has 2 saturated heterocycles. The topological polar surface area (TPSA) is 54.0 Å². The maximum absolute atomic E-state index is 13.2. The smallest absolute Gasteiger partial charge is 0.317 e. The van der Waals surface area contributed by atoms with Crippen molar-refractivity contribution in [1.82, 2.24) is 10.2 Å². The summed E-state index contributed by atoms with van der Waals surface area (Å²) in [5.41, 5.74) is 2.01. The summed E-state index contributed by atoms with van der Waals surface area (Å²) in [6, 6.07) is 12.3. The Morgan fingerprint density at radius 2 is 1.90 bits per heavy atom. The first-order valence-electron chi connectivity index (χ1n) is 10.9. The van der Waals surface area contributed by atoms with Gasteiger partial charge in [-0.2, -0.15) is 0 Å². The molecule has 2 aromatic rings. The Morgan fingerprint density at radius 1 is 1.10 bits per heavy atom.